The van der Waals surface area contributed by atoms with Crippen LogP contribution < -0.4 is 10.5 Å². The van der Waals surface area contributed by atoms with Crippen LogP contribution >= 0.6 is 62.3 Å². The Hall–Kier alpha value is -0.0900. The number of hydrogen-bond acceptors (Lipinski definition) is 4. The summed E-state index contributed by atoms with van der Waals surface area (Å²) in [5.41, 5.74) is 6.47. The summed E-state index contributed by atoms with van der Waals surface area (Å²) in [4.78, 5) is 0. The van der Waals surface area contributed by atoms with Crippen molar-refractivity contribution in [3.8, 4) is 0 Å². The van der Waals surface area contributed by atoms with Crippen molar-refractivity contribution in [2.45, 2.75) is 22.3 Å². The lowest BCUT2D eigenvalue weighted by Gasteiger charge is -2.36. The lowest BCUT2D eigenvalue weighted by molar-refractivity contribution is 0.283. The molecule has 0 saturated heterocycles. The largest absolute Gasteiger partial charge is 0.336 e. The quantitative estimate of drug-likeness (QED) is 0.462. The zero-order chi connectivity index (χ0) is 21.2. The van der Waals surface area contributed by atoms with Gasteiger partial charge in [-0.05, 0) is 42.3 Å². The normalized spacial score (nSPS) is 15.8. The van der Waals surface area contributed by atoms with Crippen molar-refractivity contribution in [2.24, 2.45) is 5.73 Å². The van der Waals surface area contributed by atoms with Gasteiger partial charge in [0, 0.05) is 9.50 Å². The van der Waals surface area contributed by atoms with Crippen LogP contribution in [0.1, 0.15) is 24.1 Å². The zero-order valence-corrected chi connectivity index (χ0v) is 19.9. The summed E-state index contributed by atoms with van der Waals surface area (Å²) in [5.74, 6) is 0. The maximum atomic E-state index is 12.5. The highest BCUT2D eigenvalue weighted by molar-refractivity contribution is 9.10. The van der Waals surface area contributed by atoms with Crippen molar-refractivity contribution in [3.05, 3.63) is 69.2 Å². The Morgan fingerprint density at radius 3 is 2.14 bits per heavy atom. The van der Waals surface area contributed by atoms with Crippen molar-refractivity contribution >= 4 is 72.6 Å². The van der Waals surface area contributed by atoms with Crippen LogP contribution in [0.15, 0.2) is 53.0 Å². The molecule has 3 N–H and O–H groups in total. The molecule has 0 saturated carbocycles. The Morgan fingerprint density at radius 2 is 1.64 bits per heavy atom. The predicted octanol–water partition coefficient (Wildman–Crippen LogP) is 5.24. The first-order valence-corrected chi connectivity index (χ1v) is 11.6. The molecule has 0 aliphatic carbocycles. The third-order valence-electron chi connectivity index (χ3n) is 4.01. The molecular formula is C17H17BrCl4N2O3S. The van der Waals surface area contributed by atoms with E-state index in [4.69, 9.17) is 56.3 Å². The number of hydrogen-bond donors (Lipinski definition) is 2. The highest BCUT2D eigenvalue weighted by Crippen LogP contribution is 2.35. The van der Waals surface area contributed by atoms with Crippen molar-refractivity contribution < 1.29 is 12.6 Å². The fourth-order valence-corrected chi connectivity index (χ4v) is 4.44. The van der Waals surface area contributed by atoms with Gasteiger partial charge in [-0.15, -0.1) is 0 Å². The number of benzene rings is 2. The van der Waals surface area contributed by atoms with E-state index >= 15 is 0 Å². The fourth-order valence-electron chi connectivity index (χ4n) is 2.54. The van der Waals surface area contributed by atoms with Crippen LogP contribution in [0.5, 0.6) is 0 Å². The van der Waals surface area contributed by atoms with E-state index < -0.39 is 32.3 Å². The van der Waals surface area contributed by atoms with Gasteiger partial charge in [-0.25, -0.2) is 0 Å². The van der Waals surface area contributed by atoms with E-state index in [0.717, 1.165) is 4.47 Å². The molecule has 0 aliphatic heterocycles. The highest BCUT2D eigenvalue weighted by Gasteiger charge is 2.39. The van der Waals surface area contributed by atoms with Crippen LogP contribution in [0.2, 0.25) is 5.02 Å². The lowest BCUT2D eigenvalue weighted by Crippen LogP contribution is -2.51. The van der Waals surface area contributed by atoms with Crippen molar-refractivity contribution in [2.75, 3.05) is 6.61 Å². The van der Waals surface area contributed by atoms with E-state index in [0.29, 0.717) is 16.1 Å². The molecule has 11 heteroatoms. The van der Waals surface area contributed by atoms with Crippen molar-refractivity contribution in [3.63, 3.8) is 0 Å². The fraction of sp³-hybridized carbons (Fsp3) is 0.294. The second-order valence-corrected chi connectivity index (χ2v) is 11.4. The summed E-state index contributed by atoms with van der Waals surface area (Å²) < 4.78 is 31.3. The minimum atomic E-state index is -4.31. The van der Waals surface area contributed by atoms with Crippen LogP contribution in [-0.4, -0.2) is 18.8 Å². The molecule has 0 fully saturated rings. The molecular weight excluding hydrogens is 534 g/mol. The predicted molar refractivity (Wildman–Crippen MR) is 118 cm³/mol. The Morgan fingerprint density at radius 1 is 1.11 bits per heavy atom. The number of alkyl halides is 3. The summed E-state index contributed by atoms with van der Waals surface area (Å²) in [7, 11) is -4.31. The van der Waals surface area contributed by atoms with Gasteiger partial charge in [0.1, 0.15) is 6.61 Å². The maximum absolute atomic E-state index is 12.5. The van der Waals surface area contributed by atoms with Crippen LogP contribution in [-0.2, 0) is 20.0 Å². The number of nitrogens with two attached hydrogens (primary N) is 1. The summed E-state index contributed by atoms with van der Waals surface area (Å²) in [5, 5.41) is 0.535. The first kappa shape index (κ1) is 24.2. The summed E-state index contributed by atoms with van der Waals surface area (Å²) >= 11 is 26.1. The van der Waals surface area contributed by atoms with E-state index in [2.05, 4.69) is 20.7 Å². The first-order valence-electron chi connectivity index (χ1n) is 7.84. The molecule has 0 radical (unpaired) electrons. The van der Waals surface area contributed by atoms with Crippen LogP contribution in [0.3, 0.4) is 0 Å². The monoisotopic (exact) mass is 548 g/mol. The second kappa shape index (κ2) is 9.37. The van der Waals surface area contributed by atoms with Crippen LogP contribution in [0.25, 0.3) is 0 Å². The van der Waals surface area contributed by atoms with Gasteiger partial charge in [0.15, 0.2) is 0 Å². The third-order valence-corrected chi connectivity index (χ3v) is 6.22. The third kappa shape index (κ3) is 6.72. The van der Waals surface area contributed by atoms with Crippen molar-refractivity contribution in [1.29, 1.82) is 0 Å². The molecule has 0 aromatic heterocycles. The number of rotatable bonds is 7. The number of nitrogens with one attached hydrogen (secondary N) is 1. The molecule has 2 atom stereocenters. The topological polar surface area (TPSA) is 81.4 Å². The highest BCUT2D eigenvalue weighted by atomic mass is 79.9. The van der Waals surface area contributed by atoms with E-state index in [1.807, 2.05) is 0 Å². The smallest absolute Gasteiger partial charge is 0.322 e. The molecule has 5 nitrogen and oxygen atoms in total. The zero-order valence-electron chi connectivity index (χ0n) is 14.5. The van der Waals surface area contributed by atoms with Gasteiger partial charge in [-0.1, -0.05) is 86.6 Å². The van der Waals surface area contributed by atoms with E-state index in [-0.39, 0.29) is 0 Å². The molecule has 0 amide bonds. The molecule has 0 bridgehead atoms. The van der Waals surface area contributed by atoms with Crippen LogP contribution in [0.4, 0.5) is 0 Å². The molecule has 0 unspecified atom stereocenters. The van der Waals surface area contributed by atoms with Gasteiger partial charge >= 0.3 is 10.3 Å². The average Bonchev–Trinajstić information content (AvgIpc) is 2.60. The Labute approximate surface area is 192 Å². The molecule has 0 aliphatic rings. The van der Waals surface area contributed by atoms with E-state index in [1.165, 1.54) is 0 Å². The SMILES string of the molecule is C[C@](NS(=O)(=O)OCC(Cl)(Cl)Cl)(c1ccc(Br)cc1)[C@@H](N)c1ccc(Cl)cc1. The van der Waals surface area contributed by atoms with E-state index in [1.54, 1.807) is 55.5 Å². The standard InChI is InChI=1S/C17H17BrCl4N2O3S/c1-16(12-4-6-13(18)7-5-12,15(23)11-2-8-14(19)9-3-11)24-28(25,26)27-10-17(20,21)22/h2-9,15,24H,10,23H2,1H3/t15-,16-/m0/s1. The van der Waals surface area contributed by atoms with Crippen LogP contribution in [0, 0.1) is 0 Å². The van der Waals surface area contributed by atoms with Gasteiger partial charge in [-0.3, -0.25) is 4.18 Å². The molecule has 2 aromatic rings. The van der Waals surface area contributed by atoms with Gasteiger partial charge in [0.05, 0.1) is 11.6 Å². The van der Waals surface area contributed by atoms with E-state index in [9.17, 15) is 8.42 Å². The van der Waals surface area contributed by atoms with Crippen molar-refractivity contribution in [1.82, 2.24) is 4.72 Å². The molecule has 0 spiro atoms. The lowest BCUT2D eigenvalue weighted by atomic mass is 9.82. The van der Waals surface area contributed by atoms with Gasteiger partial charge in [0.25, 0.3) is 0 Å². The molecule has 2 aromatic carbocycles. The minimum absolute atomic E-state index is 0.535. The second-order valence-electron chi connectivity index (χ2n) is 6.17. The van der Waals surface area contributed by atoms with Gasteiger partial charge < -0.3 is 5.73 Å². The molecule has 0 heterocycles. The number of halogens is 5. The first-order chi connectivity index (χ1) is 12.8. The summed E-state index contributed by atoms with van der Waals surface area (Å²) in [6.45, 7) is 0.991. The Kier molecular flexibility index (Phi) is 8.09. The van der Waals surface area contributed by atoms with Gasteiger partial charge in [0.2, 0.25) is 3.79 Å². The molecule has 28 heavy (non-hydrogen) atoms. The minimum Gasteiger partial charge on any atom is -0.322 e. The Balaban J connectivity index is 2.44. The average molecular weight is 551 g/mol. The maximum Gasteiger partial charge on any atom is 0.336 e. The van der Waals surface area contributed by atoms with Gasteiger partial charge in [-0.2, -0.15) is 13.1 Å². The summed E-state index contributed by atoms with van der Waals surface area (Å²) in [6, 6.07) is 13.1. The molecule has 2 rings (SSSR count). The molecule has 154 valence electrons. The summed E-state index contributed by atoms with van der Waals surface area (Å²) in [6.07, 6.45) is 0. The Bertz CT molecular complexity index is 905.